The first kappa shape index (κ1) is 18.6. The van der Waals surface area contributed by atoms with E-state index < -0.39 is 17.5 Å². The molecule has 8 heteroatoms. The number of thiazole rings is 1. The van der Waals surface area contributed by atoms with Gasteiger partial charge >= 0.3 is 6.03 Å². The second-order valence-corrected chi connectivity index (χ2v) is 8.56. The van der Waals surface area contributed by atoms with Gasteiger partial charge in [0.25, 0.3) is 5.91 Å². The van der Waals surface area contributed by atoms with Gasteiger partial charge in [0, 0.05) is 10.9 Å². The number of aryl methyl sites for hydroxylation is 2. The molecule has 1 aliphatic heterocycles. The number of hydrogen-bond acceptors (Lipinski definition) is 5. The molecule has 2 heterocycles. The Morgan fingerprint density at radius 3 is 2.82 bits per heavy atom. The molecule has 146 valence electrons. The van der Waals surface area contributed by atoms with Gasteiger partial charge in [-0.3, -0.25) is 14.5 Å². The molecular formula is C20H22N4O3S. The van der Waals surface area contributed by atoms with Gasteiger partial charge in [-0.1, -0.05) is 17.7 Å². The molecule has 1 aromatic heterocycles. The van der Waals surface area contributed by atoms with Gasteiger partial charge < -0.3 is 10.6 Å². The average Bonchev–Trinajstić information content (AvgIpc) is 3.37. The maximum absolute atomic E-state index is 12.6. The van der Waals surface area contributed by atoms with E-state index in [1.165, 1.54) is 11.3 Å². The van der Waals surface area contributed by atoms with Gasteiger partial charge in [0.1, 0.15) is 12.1 Å². The quantitative estimate of drug-likeness (QED) is 0.757. The molecule has 2 aliphatic rings. The fraction of sp³-hybridized carbons (Fsp3) is 0.400. The van der Waals surface area contributed by atoms with Crippen LogP contribution in [0.3, 0.4) is 0 Å². The van der Waals surface area contributed by atoms with Crippen molar-refractivity contribution in [1.82, 2.24) is 15.2 Å². The first-order valence-electron chi connectivity index (χ1n) is 9.25. The third kappa shape index (κ3) is 3.28. The summed E-state index contributed by atoms with van der Waals surface area (Å²) < 4.78 is 0. The number of nitrogens with one attached hydrogen (secondary N) is 2. The summed E-state index contributed by atoms with van der Waals surface area (Å²) in [6.07, 6.45) is 1.84. The van der Waals surface area contributed by atoms with Crippen molar-refractivity contribution in [2.24, 2.45) is 5.92 Å². The summed E-state index contributed by atoms with van der Waals surface area (Å²) in [4.78, 5) is 42.7. The van der Waals surface area contributed by atoms with Crippen LogP contribution in [0.25, 0.3) is 11.3 Å². The molecule has 0 unspecified atom stereocenters. The van der Waals surface area contributed by atoms with Crippen LogP contribution in [0, 0.1) is 19.8 Å². The Morgan fingerprint density at radius 1 is 1.36 bits per heavy atom. The van der Waals surface area contributed by atoms with E-state index in [9.17, 15) is 14.4 Å². The highest BCUT2D eigenvalue weighted by molar-refractivity contribution is 7.14. The van der Waals surface area contributed by atoms with E-state index in [1.54, 1.807) is 6.92 Å². The summed E-state index contributed by atoms with van der Waals surface area (Å²) >= 11 is 1.31. The third-order valence-electron chi connectivity index (χ3n) is 5.42. The predicted molar refractivity (Wildman–Crippen MR) is 107 cm³/mol. The van der Waals surface area contributed by atoms with Crippen LogP contribution in [0.15, 0.2) is 23.6 Å². The van der Waals surface area contributed by atoms with Gasteiger partial charge in [-0.25, -0.2) is 9.78 Å². The highest BCUT2D eigenvalue weighted by Crippen LogP contribution is 2.42. The standard InChI is InChI=1S/C20H22N4O3S/c1-11-4-5-12(2)14(8-11)15-10-28-18(21-15)22-16(25)9-24-17(26)20(3,13-6-7-13)23-19(24)27/h4-5,8,10,13H,6-7,9H2,1-3H3,(H,23,27)(H,21,22,25)/t20-/m0/s1. The second-order valence-electron chi connectivity index (χ2n) is 7.70. The lowest BCUT2D eigenvalue weighted by Crippen LogP contribution is -2.46. The largest absolute Gasteiger partial charge is 0.325 e. The van der Waals surface area contributed by atoms with Crippen molar-refractivity contribution in [3.63, 3.8) is 0 Å². The number of urea groups is 1. The summed E-state index contributed by atoms with van der Waals surface area (Å²) in [7, 11) is 0. The zero-order valence-electron chi connectivity index (χ0n) is 16.0. The van der Waals surface area contributed by atoms with Crippen molar-refractivity contribution < 1.29 is 14.4 Å². The lowest BCUT2D eigenvalue weighted by Gasteiger charge is -2.20. The van der Waals surface area contributed by atoms with Crippen molar-refractivity contribution in [1.29, 1.82) is 0 Å². The molecule has 7 nitrogen and oxygen atoms in total. The molecule has 1 atom stereocenters. The smallest absolute Gasteiger partial charge is 0.323 e. The molecular weight excluding hydrogens is 376 g/mol. The molecule has 2 N–H and O–H groups in total. The Hall–Kier alpha value is -2.74. The average molecular weight is 398 g/mol. The zero-order chi connectivity index (χ0) is 20.1. The maximum Gasteiger partial charge on any atom is 0.325 e. The summed E-state index contributed by atoms with van der Waals surface area (Å²) in [5.41, 5.74) is 3.17. The first-order chi connectivity index (χ1) is 13.3. The Kier molecular flexibility index (Phi) is 4.45. The molecule has 1 saturated heterocycles. The predicted octanol–water partition coefficient (Wildman–Crippen LogP) is 3.09. The van der Waals surface area contributed by atoms with Crippen LogP contribution in [0.4, 0.5) is 9.93 Å². The van der Waals surface area contributed by atoms with E-state index in [0.29, 0.717) is 5.13 Å². The molecule has 4 rings (SSSR count). The summed E-state index contributed by atoms with van der Waals surface area (Å²) in [6.45, 7) is 5.46. The highest BCUT2D eigenvalue weighted by atomic mass is 32.1. The fourth-order valence-corrected chi connectivity index (χ4v) is 4.29. The molecule has 1 aliphatic carbocycles. The Morgan fingerprint density at radius 2 is 2.11 bits per heavy atom. The van der Waals surface area contributed by atoms with Crippen LogP contribution in [-0.4, -0.2) is 39.8 Å². The lowest BCUT2D eigenvalue weighted by atomic mass is 9.96. The van der Waals surface area contributed by atoms with E-state index >= 15 is 0 Å². The van der Waals surface area contributed by atoms with Crippen molar-refractivity contribution in [2.45, 2.75) is 39.2 Å². The van der Waals surface area contributed by atoms with Crippen molar-refractivity contribution in [2.75, 3.05) is 11.9 Å². The number of anilines is 1. The van der Waals surface area contributed by atoms with Gasteiger partial charge in [0.05, 0.1) is 5.69 Å². The van der Waals surface area contributed by atoms with Gasteiger partial charge in [-0.2, -0.15) is 0 Å². The van der Waals surface area contributed by atoms with Crippen LogP contribution < -0.4 is 10.6 Å². The van der Waals surface area contributed by atoms with Crippen LogP contribution in [-0.2, 0) is 9.59 Å². The van der Waals surface area contributed by atoms with E-state index in [4.69, 9.17) is 0 Å². The molecule has 0 radical (unpaired) electrons. The monoisotopic (exact) mass is 398 g/mol. The highest BCUT2D eigenvalue weighted by Gasteiger charge is 2.56. The van der Waals surface area contributed by atoms with Crippen molar-refractivity contribution in [3.8, 4) is 11.3 Å². The molecule has 0 spiro atoms. The third-order valence-corrected chi connectivity index (χ3v) is 6.17. The minimum atomic E-state index is -0.881. The number of carbonyl (C=O) groups is 3. The molecule has 4 amide bonds. The van der Waals surface area contributed by atoms with Crippen LogP contribution >= 0.6 is 11.3 Å². The Labute approximate surface area is 167 Å². The van der Waals surface area contributed by atoms with Gasteiger partial charge in [0.2, 0.25) is 5.91 Å². The van der Waals surface area contributed by atoms with Gasteiger partial charge in [0.15, 0.2) is 5.13 Å². The number of aromatic nitrogens is 1. The summed E-state index contributed by atoms with van der Waals surface area (Å²) in [5, 5.41) is 7.77. The topological polar surface area (TPSA) is 91.4 Å². The van der Waals surface area contributed by atoms with E-state index in [1.807, 2.05) is 31.4 Å². The number of amides is 4. The number of hydrogen-bond donors (Lipinski definition) is 2. The first-order valence-corrected chi connectivity index (χ1v) is 10.1. The SMILES string of the molecule is Cc1ccc(C)c(-c2csc(NC(=O)CN3C(=O)N[C@@](C)(C4CC4)C3=O)n2)c1. The number of carbonyl (C=O) groups excluding carboxylic acids is 3. The van der Waals surface area contributed by atoms with Crippen LogP contribution in [0.2, 0.25) is 0 Å². The normalized spacial score (nSPS) is 21.8. The molecule has 28 heavy (non-hydrogen) atoms. The second kappa shape index (κ2) is 6.70. The summed E-state index contributed by atoms with van der Waals surface area (Å²) in [6, 6.07) is 5.63. The number of rotatable bonds is 5. The Bertz CT molecular complexity index is 982. The van der Waals surface area contributed by atoms with E-state index in [2.05, 4.69) is 21.7 Å². The maximum atomic E-state index is 12.6. The zero-order valence-corrected chi connectivity index (χ0v) is 16.9. The van der Waals surface area contributed by atoms with Crippen molar-refractivity contribution in [3.05, 3.63) is 34.7 Å². The minimum absolute atomic E-state index is 0.163. The fourth-order valence-electron chi connectivity index (χ4n) is 3.57. The van der Waals surface area contributed by atoms with Gasteiger partial charge in [-0.15, -0.1) is 11.3 Å². The van der Waals surface area contributed by atoms with Crippen molar-refractivity contribution >= 4 is 34.3 Å². The minimum Gasteiger partial charge on any atom is -0.323 e. The lowest BCUT2D eigenvalue weighted by molar-refractivity contribution is -0.134. The Balaban J connectivity index is 1.43. The number of benzene rings is 1. The molecule has 1 aromatic carbocycles. The van der Waals surface area contributed by atoms with Crippen LogP contribution in [0.1, 0.15) is 30.9 Å². The molecule has 2 aromatic rings. The van der Waals surface area contributed by atoms with Gasteiger partial charge in [-0.05, 0) is 51.2 Å². The number of nitrogens with zero attached hydrogens (tertiary/aromatic N) is 2. The van der Waals surface area contributed by atoms with E-state index in [0.717, 1.165) is 40.1 Å². The summed E-state index contributed by atoms with van der Waals surface area (Å²) in [5.74, 6) is -0.605. The molecule has 0 bridgehead atoms. The van der Waals surface area contributed by atoms with Crippen LogP contribution in [0.5, 0.6) is 0 Å². The van der Waals surface area contributed by atoms with E-state index in [-0.39, 0.29) is 18.4 Å². The molecule has 1 saturated carbocycles. The number of imide groups is 1. The molecule has 2 fully saturated rings.